The average molecular weight is 394 g/mol. The highest BCUT2D eigenvalue weighted by Crippen LogP contribution is 2.38. The number of nitrogens with one attached hydrogen (secondary N) is 1. The lowest BCUT2D eigenvalue weighted by molar-refractivity contribution is -0.129. The Hall–Kier alpha value is -2.81. The number of hydrogen-bond donors (Lipinski definition) is 1. The molecule has 9 heteroatoms. The van der Waals surface area contributed by atoms with Crippen LogP contribution < -0.4 is 5.32 Å². The van der Waals surface area contributed by atoms with Crippen molar-refractivity contribution in [2.45, 2.75) is 19.9 Å². The summed E-state index contributed by atoms with van der Waals surface area (Å²) in [5.74, 6) is -3.77. The predicted octanol–water partition coefficient (Wildman–Crippen LogP) is 2.97. The maximum atomic E-state index is 13.9. The number of fused-ring (bicyclic) bond motifs is 1. The molecule has 142 valence electrons. The summed E-state index contributed by atoms with van der Waals surface area (Å²) >= 11 is 1.09. The molecule has 2 aromatic rings. The Morgan fingerprint density at radius 1 is 1.19 bits per heavy atom. The number of thiophene rings is 1. The van der Waals surface area contributed by atoms with E-state index in [4.69, 9.17) is 4.74 Å². The quantitative estimate of drug-likeness (QED) is 0.813. The summed E-state index contributed by atoms with van der Waals surface area (Å²) in [5, 5.41) is 2.56. The van der Waals surface area contributed by atoms with Crippen molar-refractivity contribution in [3.8, 4) is 0 Å². The number of halogens is 2. The van der Waals surface area contributed by atoms with Crippen molar-refractivity contribution in [2.24, 2.45) is 0 Å². The molecule has 1 N–H and O–H groups in total. The number of carbonyl (C=O) groups excluding carboxylic acids is 3. The lowest BCUT2D eigenvalue weighted by Crippen LogP contribution is -2.33. The van der Waals surface area contributed by atoms with Crippen LogP contribution >= 0.6 is 11.3 Å². The Morgan fingerprint density at radius 3 is 2.44 bits per heavy atom. The van der Waals surface area contributed by atoms with E-state index in [1.807, 2.05) is 0 Å². The van der Waals surface area contributed by atoms with E-state index < -0.39 is 29.1 Å². The number of hydrogen-bond acceptors (Lipinski definition) is 5. The first-order valence-corrected chi connectivity index (χ1v) is 8.88. The van der Waals surface area contributed by atoms with Gasteiger partial charge in [-0.2, -0.15) is 0 Å². The molecule has 1 aliphatic heterocycles. The van der Waals surface area contributed by atoms with E-state index >= 15 is 0 Å². The van der Waals surface area contributed by atoms with Gasteiger partial charge in [-0.3, -0.25) is 9.59 Å². The van der Waals surface area contributed by atoms with Crippen molar-refractivity contribution in [2.75, 3.05) is 19.0 Å². The molecule has 27 heavy (non-hydrogen) atoms. The molecule has 0 saturated carbocycles. The van der Waals surface area contributed by atoms with Crippen molar-refractivity contribution in [1.29, 1.82) is 0 Å². The Labute approximate surface area is 157 Å². The molecule has 0 fully saturated rings. The molecule has 0 unspecified atom stereocenters. The standard InChI is InChI=1S/C18H16F2N2O4S/c1-9(23)22-7-6-10-13(8-22)27-17(14(10)18(25)26-2)21-16(24)15-11(19)4-3-5-12(15)20/h3-5H,6-8H2,1-2H3,(H,21,24). The van der Waals surface area contributed by atoms with Gasteiger partial charge >= 0.3 is 5.97 Å². The maximum Gasteiger partial charge on any atom is 0.341 e. The van der Waals surface area contributed by atoms with Crippen LogP contribution in [0.4, 0.5) is 13.8 Å². The van der Waals surface area contributed by atoms with Crippen molar-refractivity contribution >= 4 is 34.1 Å². The minimum atomic E-state index is -1.00. The third-order valence-electron chi connectivity index (χ3n) is 4.31. The number of nitrogens with zero attached hydrogens (tertiary/aromatic N) is 1. The fraction of sp³-hybridized carbons (Fsp3) is 0.278. The summed E-state index contributed by atoms with van der Waals surface area (Å²) in [7, 11) is 1.21. The van der Waals surface area contributed by atoms with Gasteiger partial charge in [0.15, 0.2) is 0 Å². The van der Waals surface area contributed by atoms with E-state index in [-0.39, 0.29) is 16.5 Å². The number of methoxy groups -OCH3 is 1. The molecular formula is C18H16F2N2O4S. The van der Waals surface area contributed by atoms with E-state index in [0.29, 0.717) is 25.1 Å². The molecule has 3 rings (SSSR count). The number of carbonyl (C=O) groups is 3. The van der Waals surface area contributed by atoms with Gasteiger partial charge in [0.25, 0.3) is 5.91 Å². The minimum absolute atomic E-state index is 0.104. The Bertz CT molecular complexity index is 921. The van der Waals surface area contributed by atoms with Gasteiger partial charge in [-0.05, 0) is 24.1 Å². The Morgan fingerprint density at radius 2 is 1.85 bits per heavy atom. The summed E-state index contributed by atoms with van der Waals surface area (Å²) in [6, 6.07) is 3.11. The minimum Gasteiger partial charge on any atom is -0.465 e. The van der Waals surface area contributed by atoms with E-state index in [9.17, 15) is 23.2 Å². The van der Waals surface area contributed by atoms with Crippen molar-refractivity contribution in [1.82, 2.24) is 4.90 Å². The van der Waals surface area contributed by atoms with Crippen LogP contribution in [0.1, 0.15) is 38.1 Å². The number of ether oxygens (including phenoxy) is 1. The van der Waals surface area contributed by atoms with Crippen LogP contribution in [0.3, 0.4) is 0 Å². The molecule has 2 heterocycles. The second-order valence-electron chi connectivity index (χ2n) is 5.94. The van der Waals surface area contributed by atoms with Gasteiger partial charge in [0, 0.05) is 18.3 Å². The normalized spacial score (nSPS) is 13.1. The molecule has 6 nitrogen and oxygen atoms in total. The Kier molecular flexibility index (Phi) is 5.22. The number of esters is 1. The fourth-order valence-corrected chi connectivity index (χ4v) is 4.21. The SMILES string of the molecule is COC(=O)c1c(NC(=O)c2c(F)cccc2F)sc2c1CCN(C(C)=O)C2. The van der Waals surface area contributed by atoms with Gasteiger partial charge in [-0.1, -0.05) is 6.07 Å². The molecule has 0 saturated heterocycles. The second-order valence-corrected chi connectivity index (χ2v) is 7.05. The summed E-state index contributed by atoms with van der Waals surface area (Å²) in [6.07, 6.45) is 0.416. The first-order chi connectivity index (χ1) is 12.8. The topological polar surface area (TPSA) is 75.7 Å². The van der Waals surface area contributed by atoms with Gasteiger partial charge in [0.05, 0.1) is 19.2 Å². The van der Waals surface area contributed by atoms with E-state index in [1.54, 1.807) is 4.90 Å². The van der Waals surface area contributed by atoms with Crippen molar-refractivity contribution in [3.63, 3.8) is 0 Å². The molecule has 2 amide bonds. The van der Waals surface area contributed by atoms with Gasteiger partial charge in [0.1, 0.15) is 22.2 Å². The predicted molar refractivity (Wildman–Crippen MR) is 94.8 cm³/mol. The second kappa shape index (κ2) is 7.43. The summed E-state index contributed by atoms with van der Waals surface area (Å²) in [5.41, 5.74) is 0.101. The van der Waals surface area contributed by atoms with E-state index in [1.165, 1.54) is 14.0 Å². The third kappa shape index (κ3) is 3.55. The number of anilines is 1. The van der Waals surface area contributed by atoms with Crippen molar-refractivity contribution in [3.05, 3.63) is 51.4 Å². The third-order valence-corrected chi connectivity index (χ3v) is 5.44. The zero-order chi connectivity index (χ0) is 19.7. The monoisotopic (exact) mass is 394 g/mol. The molecular weight excluding hydrogens is 378 g/mol. The number of rotatable bonds is 3. The lowest BCUT2D eigenvalue weighted by atomic mass is 10.0. The lowest BCUT2D eigenvalue weighted by Gasteiger charge is -2.25. The molecule has 0 radical (unpaired) electrons. The first-order valence-electron chi connectivity index (χ1n) is 8.07. The van der Waals surface area contributed by atoms with Crippen molar-refractivity contribution < 1.29 is 27.9 Å². The smallest absolute Gasteiger partial charge is 0.341 e. The molecule has 1 aromatic carbocycles. The molecule has 1 aliphatic rings. The van der Waals surface area contributed by atoms with Crippen LogP contribution in [0, 0.1) is 11.6 Å². The maximum absolute atomic E-state index is 13.9. The highest BCUT2D eigenvalue weighted by Gasteiger charge is 2.30. The highest BCUT2D eigenvalue weighted by molar-refractivity contribution is 7.17. The van der Waals surface area contributed by atoms with Crippen LogP contribution in [-0.2, 0) is 22.5 Å². The van der Waals surface area contributed by atoms with Gasteiger partial charge in [-0.25, -0.2) is 13.6 Å². The van der Waals surface area contributed by atoms with Crippen LogP contribution in [0.15, 0.2) is 18.2 Å². The van der Waals surface area contributed by atoms with Crippen LogP contribution in [-0.4, -0.2) is 36.3 Å². The summed E-state index contributed by atoms with van der Waals surface area (Å²) in [6.45, 7) is 2.17. The van der Waals surface area contributed by atoms with Gasteiger partial charge in [0.2, 0.25) is 5.91 Å². The summed E-state index contributed by atoms with van der Waals surface area (Å²) < 4.78 is 32.5. The van der Waals surface area contributed by atoms with E-state index in [2.05, 4.69) is 5.32 Å². The molecule has 0 spiro atoms. The van der Waals surface area contributed by atoms with Crippen LogP contribution in [0.2, 0.25) is 0 Å². The number of benzene rings is 1. The molecule has 0 bridgehead atoms. The molecule has 0 aliphatic carbocycles. The Balaban J connectivity index is 1.99. The highest BCUT2D eigenvalue weighted by atomic mass is 32.1. The zero-order valence-electron chi connectivity index (χ0n) is 14.6. The van der Waals surface area contributed by atoms with E-state index in [0.717, 1.165) is 34.4 Å². The average Bonchev–Trinajstić information content (AvgIpc) is 2.97. The molecule has 1 aromatic heterocycles. The molecule has 0 atom stereocenters. The van der Waals surface area contributed by atoms with Crippen LogP contribution in [0.5, 0.6) is 0 Å². The van der Waals surface area contributed by atoms with Gasteiger partial charge in [-0.15, -0.1) is 11.3 Å². The van der Waals surface area contributed by atoms with Gasteiger partial charge < -0.3 is 15.0 Å². The number of amides is 2. The largest absolute Gasteiger partial charge is 0.465 e. The van der Waals surface area contributed by atoms with Crippen LogP contribution in [0.25, 0.3) is 0 Å². The fourth-order valence-electron chi connectivity index (χ4n) is 2.96. The first kappa shape index (κ1) is 19.0. The zero-order valence-corrected chi connectivity index (χ0v) is 15.4. The summed E-state index contributed by atoms with van der Waals surface area (Å²) in [4.78, 5) is 38.6.